The molecule has 1 saturated heterocycles. The molecule has 0 unspecified atom stereocenters. The van der Waals surface area contributed by atoms with Gasteiger partial charge in [-0.05, 0) is 42.0 Å². The van der Waals surface area contributed by atoms with Gasteiger partial charge < -0.3 is 0 Å². The van der Waals surface area contributed by atoms with Crippen molar-refractivity contribution in [1.29, 1.82) is 0 Å². The SMILES string of the molecule is O=S(=O)(c1ccc(Br)cc1)N1CCN(Cc2ccc(Cl)c(Cl)c2)CC1. The Bertz CT molecular complexity index is 851. The number of hydrogen-bond donors (Lipinski definition) is 0. The summed E-state index contributed by atoms with van der Waals surface area (Å²) >= 11 is 15.3. The van der Waals surface area contributed by atoms with Crippen LogP contribution in [0.15, 0.2) is 51.8 Å². The summed E-state index contributed by atoms with van der Waals surface area (Å²) in [7, 11) is -3.44. The normalized spacial score (nSPS) is 16.9. The molecule has 1 aliphatic rings. The van der Waals surface area contributed by atoms with Crippen molar-refractivity contribution in [3.05, 3.63) is 62.5 Å². The lowest BCUT2D eigenvalue weighted by Crippen LogP contribution is -2.48. The molecule has 0 N–H and O–H groups in total. The van der Waals surface area contributed by atoms with Crippen LogP contribution >= 0.6 is 39.1 Å². The van der Waals surface area contributed by atoms with Crippen molar-refractivity contribution >= 4 is 49.2 Å². The molecular formula is C17H17BrCl2N2O2S. The first kappa shape index (κ1) is 19.1. The Kier molecular flexibility index (Phi) is 6.08. The molecule has 1 heterocycles. The predicted molar refractivity (Wildman–Crippen MR) is 105 cm³/mol. The van der Waals surface area contributed by atoms with E-state index in [2.05, 4.69) is 20.8 Å². The van der Waals surface area contributed by atoms with Crippen LogP contribution in [0.2, 0.25) is 10.0 Å². The fraction of sp³-hybridized carbons (Fsp3) is 0.294. The Labute approximate surface area is 166 Å². The van der Waals surface area contributed by atoms with E-state index in [-0.39, 0.29) is 0 Å². The third-order valence-corrected chi connectivity index (χ3v) is 7.35. The summed E-state index contributed by atoms with van der Waals surface area (Å²) in [5.41, 5.74) is 1.07. The van der Waals surface area contributed by atoms with Crippen LogP contribution in [-0.2, 0) is 16.6 Å². The van der Waals surface area contributed by atoms with Gasteiger partial charge in [-0.1, -0.05) is 45.2 Å². The monoisotopic (exact) mass is 462 g/mol. The zero-order valence-electron chi connectivity index (χ0n) is 13.3. The molecule has 1 fully saturated rings. The molecule has 2 aromatic carbocycles. The largest absolute Gasteiger partial charge is 0.296 e. The summed E-state index contributed by atoms with van der Waals surface area (Å²) in [6.45, 7) is 3.02. The summed E-state index contributed by atoms with van der Waals surface area (Å²) in [5, 5.41) is 1.08. The van der Waals surface area contributed by atoms with Gasteiger partial charge in [-0.3, -0.25) is 4.90 Å². The Morgan fingerprint density at radius 3 is 2.16 bits per heavy atom. The van der Waals surface area contributed by atoms with E-state index in [4.69, 9.17) is 23.2 Å². The average Bonchev–Trinajstić information content (AvgIpc) is 2.59. The van der Waals surface area contributed by atoms with Crippen molar-refractivity contribution < 1.29 is 8.42 Å². The minimum Gasteiger partial charge on any atom is -0.296 e. The molecule has 0 aromatic heterocycles. The first-order valence-corrected chi connectivity index (χ1v) is 10.8. The number of rotatable bonds is 4. The van der Waals surface area contributed by atoms with Crippen LogP contribution in [0.25, 0.3) is 0 Å². The van der Waals surface area contributed by atoms with Crippen molar-refractivity contribution in [2.75, 3.05) is 26.2 Å². The Morgan fingerprint density at radius 1 is 0.920 bits per heavy atom. The van der Waals surface area contributed by atoms with E-state index in [0.29, 0.717) is 41.1 Å². The van der Waals surface area contributed by atoms with Crippen LogP contribution in [0.5, 0.6) is 0 Å². The van der Waals surface area contributed by atoms with Gasteiger partial charge in [0, 0.05) is 37.2 Å². The van der Waals surface area contributed by atoms with Crippen LogP contribution in [0.4, 0.5) is 0 Å². The molecule has 0 saturated carbocycles. The van der Waals surface area contributed by atoms with Crippen molar-refractivity contribution in [3.8, 4) is 0 Å². The number of sulfonamides is 1. The van der Waals surface area contributed by atoms with E-state index >= 15 is 0 Å². The summed E-state index contributed by atoms with van der Waals surface area (Å²) < 4.78 is 27.8. The fourth-order valence-corrected chi connectivity index (χ4v) is 4.79. The van der Waals surface area contributed by atoms with Crippen LogP contribution in [0.3, 0.4) is 0 Å². The predicted octanol–water partition coefficient (Wildman–Crippen LogP) is 4.26. The highest BCUT2D eigenvalue weighted by molar-refractivity contribution is 9.10. The van der Waals surface area contributed by atoms with Crippen LogP contribution in [-0.4, -0.2) is 43.8 Å². The molecule has 8 heteroatoms. The Balaban J connectivity index is 1.63. The zero-order chi connectivity index (χ0) is 18.0. The van der Waals surface area contributed by atoms with Crippen LogP contribution in [0, 0.1) is 0 Å². The second kappa shape index (κ2) is 7.94. The molecule has 25 heavy (non-hydrogen) atoms. The molecule has 0 radical (unpaired) electrons. The number of hydrogen-bond acceptors (Lipinski definition) is 3. The second-order valence-electron chi connectivity index (χ2n) is 5.88. The van der Waals surface area contributed by atoms with Gasteiger partial charge >= 0.3 is 0 Å². The van der Waals surface area contributed by atoms with E-state index in [1.807, 2.05) is 12.1 Å². The molecule has 4 nitrogen and oxygen atoms in total. The number of benzene rings is 2. The Morgan fingerprint density at radius 2 is 1.56 bits per heavy atom. The highest BCUT2D eigenvalue weighted by Gasteiger charge is 2.28. The van der Waals surface area contributed by atoms with Gasteiger partial charge in [-0.15, -0.1) is 0 Å². The maximum absolute atomic E-state index is 12.7. The van der Waals surface area contributed by atoms with Gasteiger partial charge in [0.15, 0.2) is 0 Å². The van der Waals surface area contributed by atoms with Crippen LogP contribution in [0.1, 0.15) is 5.56 Å². The molecular weight excluding hydrogens is 447 g/mol. The van der Waals surface area contributed by atoms with Gasteiger partial charge in [-0.25, -0.2) is 8.42 Å². The summed E-state index contributed by atoms with van der Waals surface area (Å²) in [6.07, 6.45) is 0. The molecule has 0 amide bonds. The first-order valence-electron chi connectivity index (χ1n) is 7.78. The average molecular weight is 464 g/mol. The smallest absolute Gasteiger partial charge is 0.243 e. The molecule has 134 valence electrons. The molecule has 1 aliphatic heterocycles. The standard InChI is InChI=1S/C17H17BrCl2N2O2S/c18-14-2-4-15(5-3-14)25(23,24)22-9-7-21(8-10-22)12-13-1-6-16(19)17(20)11-13/h1-6,11H,7-10,12H2. The topological polar surface area (TPSA) is 40.6 Å². The highest BCUT2D eigenvalue weighted by atomic mass is 79.9. The molecule has 0 bridgehead atoms. The van der Waals surface area contributed by atoms with Crippen molar-refractivity contribution in [3.63, 3.8) is 0 Å². The lowest BCUT2D eigenvalue weighted by Gasteiger charge is -2.34. The molecule has 0 aliphatic carbocycles. The van der Waals surface area contributed by atoms with E-state index in [1.165, 1.54) is 0 Å². The van der Waals surface area contributed by atoms with E-state index in [9.17, 15) is 8.42 Å². The molecule has 0 atom stereocenters. The summed E-state index contributed by atoms with van der Waals surface area (Å²) in [4.78, 5) is 2.54. The number of nitrogens with zero attached hydrogens (tertiary/aromatic N) is 2. The maximum atomic E-state index is 12.7. The minimum absolute atomic E-state index is 0.327. The molecule has 2 aromatic rings. The third kappa shape index (κ3) is 4.56. The number of halogens is 3. The Hall–Kier alpha value is -0.630. The van der Waals surface area contributed by atoms with Crippen molar-refractivity contribution in [2.45, 2.75) is 11.4 Å². The zero-order valence-corrected chi connectivity index (χ0v) is 17.2. The number of piperazine rings is 1. The molecule has 0 spiro atoms. The van der Waals surface area contributed by atoms with Gasteiger partial charge in [0.25, 0.3) is 0 Å². The highest BCUT2D eigenvalue weighted by Crippen LogP contribution is 2.24. The summed E-state index contributed by atoms with van der Waals surface area (Å²) in [6, 6.07) is 12.3. The lowest BCUT2D eigenvalue weighted by atomic mass is 10.2. The second-order valence-corrected chi connectivity index (χ2v) is 9.55. The van der Waals surface area contributed by atoms with E-state index < -0.39 is 10.0 Å². The van der Waals surface area contributed by atoms with Crippen LogP contribution < -0.4 is 0 Å². The van der Waals surface area contributed by atoms with E-state index in [0.717, 1.165) is 16.6 Å². The van der Waals surface area contributed by atoms with Gasteiger partial charge in [0.2, 0.25) is 10.0 Å². The summed E-state index contributed by atoms with van der Waals surface area (Å²) in [5.74, 6) is 0. The third-order valence-electron chi connectivity index (χ3n) is 4.17. The van der Waals surface area contributed by atoms with Gasteiger partial charge in [-0.2, -0.15) is 4.31 Å². The minimum atomic E-state index is -3.44. The quantitative estimate of drug-likeness (QED) is 0.679. The van der Waals surface area contributed by atoms with Crippen molar-refractivity contribution in [2.24, 2.45) is 0 Å². The van der Waals surface area contributed by atoms with E-state index in [1.54, 1.807) is 34.6 Å². The van der Waals surface area contributed by atoms with Crippen molar-refractivity contribution in [1.82, 2.24) is 9.21 Å². The maximum Gasteiger partial charge on any atom is 0.243 e. The molecule has 3 rings (SSSR count). The first-order chi connectivity index (χ1) is 11.9. The van der Waals surface area contributed by atoms with Gasteiger partial charge in [0.05, 0.1) is 14.9 Å². The van der Waals surface area contributed by atoms with Gasteiger partial charge in [0.1, 0.15) is 0 Å². The lowest BCUT2D eigenvalue weighted by molar-refractivity contribution is 0.181. The fourth-order valence-electron chi connectivity index (χ4n) is 2.78.